The lowest BCUT2D eigenvalue weighted by Gasteiger charge is -2.01. The van der Waals surface area contributed by atoms with Crippen molar-refractivity contribution >= 4 is 46.2 Å². The van der Waals surface area contributed by atoms with Crippen LogP contribution in [0, 0.1) is 6.92 Å². The van der Waals surface area contributed by atoms with E-state index < -0.39 is 0 Å². The highest BCUT2D eigenvalue weighted by Crippen LogP contribution is 2.32. The van der Waals surface area contributed by atoms with Gasteiger partial charge in [0.15, 0.2) is 5.17 Å². The molecule has 6 heteroatoms. The Hall–Kier alpha value is -2.24. The zero-order valence-electron chi connectivity index (χ0n) is 12.2. The van der Waals surface area contributed by atoms with Crippen LogP contribution < -0.4 is 5.32 Å². The Morgan fingerprint density at radius 3 is 2.78 bits per heavy atom. The Bertz CT molecular complexity index is 846. The van der Waals surface area contributed by atoms with E-state index in [0.717, 1.165) is 5.56 Å². The first kappa shape index (κ1) is 15.6. The molecule has 1 fully saturated rings. The van der Waals surface area contributed by atoms with Crippen LogP contribution in [0.2, 0.25) is 5.02 Å². The molecule has 0 aliphatic carbocycles. The largest absolute Gasteiger partial charge is 0.507 e. The molecule has 116 valence electrons. The average molecular weight is 345 g/mol. The number of carbonyl (C=O) groups excluding carboxylic acids is 1. The molecule has 2 aromatic rings. The summed E-state index contributed by atoms with van der Waals surface area (Å²) in [4.78, 5) is 16.9. The van der Waals surface area contributed by atoms with Crippen molar-refractivity contribution in [3.8, 4) is 5.75 Å². The van der Waals surface area contributed by atoms with Crippen LogP contribution in [0.3, 0.4) is 0 Å². The van der Waals surface area contributed by atoms with Gasteiger partial charge in [0.25, 0.3) is 5.91 Å². The monoisotopic (exact) mass is 344 g/mol. The second-order valence-corrected chi connectivity index (χ2v) is 6.43. The van der Waals surface area contributed by atoms with E-state index in [0.29, 0.717) is 26.3 Å². The van der Waals surface area contributed by atoms with Crippen LogP contribution in [0.1, 0.15) is 11.1 Å². The number of benzene rings is 2. The van der Waals surface area contributed by atoms with Crippen molar-refractivity contribution in [1.82, 2.24) is 5.32 Å². The first-order chi connectivity index (χ1) is 11.0. The van der Waals surface area contributed by atoms with Gasteiger partial charge in [0.05, 0.1) is 15.6 Å². The third-order valence-electron chi connectivity index (χ3n) is 3.20. The SMILES string of the molecule is Cc1ccc(/C=C2/SC(=Nc3ccccc3Cl)NC2=O)c(O)c1. The van der Waals surface area contributed by atoms with Crippen LogP contribution in [-0.4, -0.2) is 16.2 Å². The van der Waals surface area contributed by atoms with Crippen LogP contribution in [-0.2, 0) is 4.79 Å². The maximum absolute atomic E-state index is 12.0. The number of nitrogens with one attached hydrogen (secondary N) is 1. The molecule has 2 N–H and O–H groups in total. The summed E-state index contributed by atoms with van der Waals surface area (Å²) in [5.74, 6) is -0.108. The number of aryl methyl sites for hydroxylation is 1. The zero-order valence-corrected chi connectivity index (χ0v) is 13.8. The molecular formula is C17H13ClN2O2S. The van der Waals surface area contributed by atoms with Gasteiger partial charge in [0, 0.05) is 5.56 Å². The lowest BCUT2D eigenvalue weighted by molar-refractivity contribution is -0.115. The number of rotatable bonds is 2. The number of aliphatic imine (C=N–C) groups is 1. The molecule has 0 atom stereocenters. The Balaban J connectivity index is 1.88. The summed E-state index contributed by atoms with van der Waals surface area (Å²) in [5.41, 5.74) is 2.14. The number of amidine groups is 1. The minimum absolute atomic E-state index is 0.141. The summed E-state index contributed by atoms with van der Waals surface area (Å²) in [6.45, 7) is 1.89. The van der Waals surface area contributed by atoms with Gasteiger partial charge in [-0.05, 0) is 48.5 Å². The van der Waals surface area contributed by atoms with Crippen molar-refractivity contribution in [2.75, 3.05) is 0 Å². The van der Waals surface area contributed by atoms with E-state index in [2.05, 4.69) is 10.3 Å². The van der Waals surface area contributed by atoms with Gasteiger partial charge < -0.3 is 10.4 Å². The summed E-state index contributed by atoms with van der Waals surface area (Å²) in [6, 6.07) is 12.5. The third kappa shape index (κ3) is 3.57. The fourth-order valence-corrected chi connectivity index (χ4v) is 3.05. The molecule has 23 heavy (non-hydrogen) atoms. The molecule has 0 spiro atoms. The molecule has 1 heterocycles. The van der Waals surface area contributed by atoms with Gasteiger partial charge in [0.2, 0.25) is 0 Å². The average Bonchev–Trinajstić information content (AvgIpc) is 2.84. The normalized spacial score (nSPS) is 17.7. The second kappa shape index (κ2) is 6.48. The highest BCUT2D eigenvalue weighted by atomic mass is 35.5. The summed E-state index contributed by atoms with van der Waals surface area (Å²) in [6.07, 6.45) is 1.64. The molecule has 0 aromatic heterocycles. The van der Waals surface area contributed by atoms with Gasteiger partial charge in [-0.2, -0.15) is 0 Å². The topological polar surface area (TPSA) is 61.7 Å². The molecule has 1 saturated heterocycles. The van der Waals surface area contributed by atoms with Crippen molar-refractivity contribution < 1.29 is 9.90 Å². The summed E-state index contributed by atoms with van der Waals surface area (Å²) in [5, 5.41) is 13.6. The molecule has 4 nitrogen and oxygen atoms in total. The Labute approximate surface area is 142 Å². The molecule has 1 aliphatic rings. The van der Waals surface area contributed by atoms with Crippen molar-refractivity contribution in [2.24, 2.45) is 4.99 Å². The lowest BCUT2D eigenvalue weighted by atomic mass is 10.1. The first-order valence-electron chi connectivity index (χ1n) is 6.86. The van der Waals surface area contributed by atoms with Crippen LogP contribution in [0.25, 0.3) is 6.08 Å². The predicted molar refractivity (Wildman–Crippen MR) is 95.1 cm³/mol. The van der Waals surface area contributed by atoms with Gasteiger partial charge in [-0.3, -0.25) is 4.79 Å². The third-order valence-corrected chi connectivity index (χ3v) is 4.43. The number of halogens is 1. The minimum atomic E-state index is -0.249. The summed E-state index contributed by atoms with van der Waals surface area (Å²) < 4.78 is 0. The smallest absolute Gasteiger partial charge is 0.264 e. The Morgan fingerprint density at radius 1 is 1.26 bits per heavy atom. The summed E-state index contributed by atoms with van der Waals surface area (Å²) in [7, 11) is 0. The number of nitrogens with zero attached hydrogens (tertiary/aromatic N) is 1. The van der Waals surface area contributed by atoms with Crippen molar-refractivity contribution in [1.29, 1.82) is 0 Å². The standard InChI is InChI=1S/C17H13ClN2O2S/c1-10-6-7-11(14(21)8-10)9-15-16(22)20-17(23-15)19-13-5-3-2-4-12(13)18/h2-9,21H,1H3,(H,19,20,22)/b15-9+. The fraction of sp³-hybridized carbons (Fsp3) is 0.0588. The van der Waals surface area contributed by atoms with Crippen molar-refractivity contribution in [3.05, 3.63) is 63.5 Å². The van der Waals surface area contributed by atoms with Crippen LogP contribution in [0.15, 0.2) is 52.4 Å². The van der Waals surface area contributed by atoms with Crippen LogP contribution in [0.4, 0.5) is 5.69 Å². The van der Waals surface area contributed by atoms with E-state index >= 15 is 0 Å². The molecule has 0 bridgehead atoms. The first-order valence-corrected chi connectivity index (χ1v) is 8.06. The molecule has 3 rings (SSSR count). The number of thioether (sulfide) groups is 1. The van der Waals surface area contributed by atoms with Gasteiger partial charge in [0.1, 0.15) is 5.75 Å². The van der Waals surface area contributed by atoms with E-state index in [1.54, 1.807) is 30.3 Å². The molecule has 0 saturated carbocycles. The molecular weight excluding hydrogens is 332 g/mol. The Morgan fingerprint density at radius 2 is 2.04 bits per heavy atom. The van der Waals surface area contributed by atoms with Gasteiger partial charge in [-0.1, -0.05) is 35.9 Å². The second-order valence-electron chi connectivity index (χ2n) is 5.00. The van der Waals surface area contributed by atoms with E-state index in [-0.39, 0.29) is 11.7 Å². The summed E-state index contributed by atoms with van der Waals surface area (Å²) >= 11 is 7.27. The van der Waals surface area contributed by atoms with E-state index in [4.69, 9.17) is 11.6 Å². The Kier molecular flexibility index (Phi) is 4.41. The number of hydrogen-bond acceptors (Lipinski definition) is 4. The number of hydrogen-bond donors (Lipinski definition) is 2. The maximum atomic E-state index is 12.0. The number of amides is 1. The molecule has 1 amide bonds. The number of phenolic OH excluding ortho intramolecular Hbond substituents is 1. The van der Waals surface area contributed by atoms with Gasteiger partial charge in [-0.15, -0.1) is 0 Å². The van der Waals surface area contributed by atoms with Gasteiger partial charge >= 0.3 is 0 Å². The number of aromatic hydroxyl groups is 1. The van der Waals surface area contributed by atoms with Crippen molar-refractivity contribution in [2.45, 2.75) is 6.92 Å². The van der Waals surface area contributed by atoms with E-state index in [1.165, 1.54) is 11.8 Å². The predicted octanol–water partition coefficient (Wildman–Crippen LogP) is 4.25. The maximum Gasteiger partial charge on any atom is 0.264 e. The van der Waals surface area contributed by atoms with Crippen LogP contribution >= 0.6 is 23.4 Å². The highest BCUT2D eigenvalue weighted by Gasteiger charge is 2.24. The quantitative estimate of drug-likeness (QED) is 0.801. The molecule has 0 unspecified atom stereocenters. The molecule has 1 aliphatic heterocycles. The van der Waals surface area contributed by atoms with Crippen LogP contribution in [0.5, 0.6) is 5.75 Å². The minimum Gasteiger partial charge on any atom is -0.507 e. The van der Waals surface area contributed by atoms with E-state index in [9.17, 15) is 9.90 Å². The molecule has 2 aromatic carbocycles. The number of para-hydroxylation sites is 1. The number of phenols is 1. The van der Waals surface area contributed by atoms with E-state index in [1.807, 2.05) is 25.1 Å². The highest BCUT2D eigenvalue weighted by molar-refractivity contribution is 8.18. The number of carbonyl (C=O) groups is 1. The van der Waals surface area contributed by atoms with Crippen molar-refractivity contribution in [3.63, 3.8) is 0 Å². The molecule has 0 radical (unpaired) electrons. The zero-order chi connectivity index (χ0) is 16.4. The fourth-order valence-electron chi connectivity index (χ4n) is 2.05. The lowest BCUT2D eigenvalue weighted by Crippen LogP contribution is -2.19. The van der Waals surface area contributed by atoms with Gasteiger partial charge in [-0.25, -0.2) is 4.99 Å².